The molecule has 0 aliphatic rings. The van der Waals surface area contributed by atoms with Crippen molar-refractivity contribution >= 4 is 5.97 Å². The van der Waals surface area contributed by atoms with E-state index in [-0.39, 0.29) is 11.4 Å². The van der Waals surface area contributed by atoms with Crippen LogP contribution in [0.5, 0.6) is 5.88 Å². The number of ether oxygens (including phenoxy) is 1. The predicted octanol–water partition coefficient (Wildman–Crippen LogP) is 2.14. The summed E-state index contributed by atoms with van der Waals surface area (Å²) in [5.41, 5.74) is 1.28. The van der Waals surface area contributed by atoms with Crippen molar-refractivity contribution in [1.82, 2.24) is 10.2 Å². The molecular weight excluding hydrogens is 220 g/mol. The number of allylic oxidation sites excluding steroid dienone is 1. The van der Waals surface area contributed by atoms with Crippen molar-refractivity contribution in [3.63, 3.8) is 0 Å². The lowest BCUT2D eigenvalue weighted by molar-refractivity contribution is 0.0689. The summed E-state index contributed by atoms with van der Waals surface area (Å²) in [4.78, 5) is 11.1. The molecule has 0 unspecified atom stereocenters. The topological polar surface area (TPSA) is 72.3 Å². The minimum absolute atomic E-state index is 0.0877. The number of aryl methyl sites for hydroxylation is 1. The monoisotopic (exact) mass is 236 g/mol. The number of nitrogens with zero attached hydrogens (tertiary/aromatic N) is 2. The van der Waals surface area contributed by atoms with Gasteiger partial charge in [0.15, 0.2) is 0 Å². The molecule has 5 heteroatoms. The van der Waals surface area contributed by atoms with Crippen molar-refractivity contribution in [3.8, 4) is 5.88 Å². The van der Waals surface area contributed by atoms with Gasteiger partial charge in [0.25, 0.3) is 0 Å². The molecule has 1 N–H and O–H groups in total. The normalized spacial score (nSPS) is 10.0. The second kappa shape index (κ2) is 5.98. The van der Waals surface area contributed by atoms with E-state index in [4.69, 9.17) is 9.84 Å². The summed E-state index contributed by atoms with van der Waals surface area (Å²) in [5.74, 6) is -0.955. The lowest BCUT2D eigenvalue weighted by Gasteiger charge is -2.09. The maximum absolute atomic E-state index is 11.1. The lowest BCUT2D eigenvalue weighted by Crippen LogP contribution is -2.11. The van der Waals surface area contributed by atoms with Gasteiger partial charge in [-0.1, -0.05) is 6.08 Å². The van der Waals surface area contributed by atoms with Crippen LogP contribution in [0.25, 0.3) is 0 Å². The van der Waals surface area contributed by atoms with Crippen LogP contribution < -0.4 is 4.74 Å². The number of hydrogen-bond donors (Lipinski definition) is 1. The zero-order chi connectivity index (χ0) is 12.8. The molecule has 0 bridgehead atoms. The number of hydrogen-bond acceptors (Lipinski definition) is 4. The second-order valence-electron chi connectivity index (χ2n) is 3.68. The summed E-state index contributed by atoms with van der Waals surface area (Å²) in [5, 5.41) is 16.8. The van der Waals surface area contributed by atoms with Crippen LogP contribution in [0.3, 0.4) is 0 Å². The highest BCUT2D eigenvalue weighted by Gasteiger charge is 2.18. The Labute approximate surface area is 100 Å². The zero-order valence-corrected chi connectivity index (χ0v) is 10.1. The highest BCUT2D eigenvalue weighted by Crippen LogP contribution is 2.20. The van der Waals surface area contributed by atoms with E-state index in [0.717, 1.165) is 12.8 Å². The fourth-order valence-electron chi connectivity index (χ4n) is 1.34. The van der Waals surface area contributed by atoms with E-state index in [1.807, 2.05) is 0 Å². The van der Waals surface area contributed by atoms with E-state index in [2.05, 4.69) is 16.8 Å². The van der Waals surface area contributed by atoms with Gasteiger partial charge >= 0.3 is 5.97 Å². The van der Waals surface area contributed by atoms with Gasteiger partial charge in [-0.25, -0.2) is 4.79 Å². The third-order valence-electron chi connectivity index (χ3n) is 2.43. The van der Waals surface area contributed by atoms with Crippen molar-refractivity contribution in [1.29, 1.82) is 0 Å². The molecule has 1 aromatic heterocycles. The van der Waals surface area contributed by atoms with Gasteiger partial charge in [-0.05, 0) is 32.3 Å². The van der Waals surface area contributed by atoms with Crippen LogP contribution >= 0.6 is 0 Å². The van der Waals surface area contributed by atoms with Crippen LogP contribution in [0.2, 0.25) is 0 Å². The SMILES string of the molecule is C=CCCCOc1nnc(C)c(C)c1C(=O)O. The first-order valence-electron chi connectivity index (χ1n) is 5.38. The zero-order valence-electron chi connectivity index (χ0n) is 10.1. The molecule has 1 rings (SSSR count). The third-order valence-corrected chi connectivity index (χ3v) is 2.43. The number of carboxylic acids is 1. The van der Waals surface area contributed by atoms with E-state index in [0.29, 0.717) is 17.9 Å². The van der Waals surface area contributed by atoms with Crippen LogP contribution in [0.15, 0.2) is 12.7 Å². The number of rotatable bonds is 6. The molecule has 0 aromatic carbocycles. The van der Waals surface area contributed by atoms with Crippen molar-refractivity contribution in [3.05, 3.63) is 29.5 Å². The average molecular weight is 236 g/mol. The Morgan fingerprint density at radius 1 is 1.47 bits per heavy atom. The predicted molar refractivity (Wildman–Crippen MR) is 63.4 cm³/mol. The number of carbonyl (C=O) groups is 1. The first-order chi connectivity index (χ1) is 8.07. The van der Waals surface area contributed by atoms with Gasteiger partial charge in [0, 0.05) is 0 Å². The molecule has 0 radical (unpaired) electrons. The quantitative estimate of drug-likeness (QED) is 0.605. The third kappa shape index (κ3) is 3.27. The van der Waals surface area contributed by atoms with E-state index in [1.54, 1.807) is 19.9 Å². The molecule has 1 heterocycles. The van der Waals surface area contributed by atoms with Crippen LogP contribution in [-0.2, 0) is 0 Å². The fraction of sp³-hybridized carbons (Fsp3) is 0.417. The standard InChI is InChI=1S/C12H16N2O3/c1-4-5-6-7-17-11-10(12(15)16)8(2)9(3)13-14-11/h4H,1,5-7H2,2-3H3,(H,15,16). The number of aromatic carboxylic acids is 1. The van der Waals surface area contributed by atoms with Gasteiger partial charge in [0.1, 0.15) is 5.56 Å². The molecule has 0 saturated heterocycles. The lowest BCUT2D eigenvalue weighted by atomic mass is 10.1. The van der Waals surface area contributed by atoms with E-state index in [1.165, 1.54) is 0 Å². The molecule has 0 spiro atoms. The minimum Gasteiger partial charge on any atom is -0.477 e. The molecule has 17 heavy (non-hydrogen) atoms. The fourth-order valence-corrected chi connectivity index (χ4v) is 1.34. The Hall–Kier alpha value is -1.91. The maximum atomic E-state index is 11.1. The summed E-state index contributed by atoms with van der Waals surface area (Å²) >= 11 is 0. The molecule has 0 aliphatic carbocycles. The average Bonchev–Trinajstić information content (AvgIpc) is 2.28. The van der Waals surface area contributed by atoms with Crippen molar-refractivity contribution in [2.75, 3.05) is 6.61 Å². The van der Waals surface area contributed by atoms with Crippen LogP contribution in [0.1, 0.15) is 34.5 Å². The summed E-state index contributed by atoms with van der Waals surface area (Å²) < 4.78 is 5.33. The molecule has 5 nitrogen and oxygen atoms in total. The maximum Gasteiger partial charge on any atom is 0.341 e. The van der Waals surface area contributed by atoms with Crippen molar-refractivity contribution in [2.45, 2.75) is 26.7 Å². The Kier molecular flexibility index (Phi) is 4.63. The van der Waals surface area contributed by atoms with Gasteiger partial charge < -0.3 is 9.84 Å². The van der Waals surface area contributed by atoms with Crippen molar-refractivity contribution < 1.29 is 14.6 Å². The first-order valence-corrected chi connectivity index (χ1v) is 5.38. The molecule has 1 aromatic rings. The van der Waals surface area contributed by atoms with E-state index < -0.39 is 5.97 Å². The van der Waals surface area contributed by atoms with Crippen molar-refractivity contribution in [2.24, 2.45) is 0 Å². The molecular formula is C12H16N2O3. The molecule has 0 saturated carbocycles. The minimum atomic E-state index is -1.04. The summed E-state index contributed by atoms with van der Waals surface area (Å²) in [6.45, 7) is 7.42. The van der Waals surface area contributed by atoms with Crippen LogP contribution in [0, 0.1) is 13.8 Å². The van der Waals surface area contributed by atoms with Gasteiger partial charge in [-0.2, -0.15) is 5.10 Å². The smallest absolute Gasteiger partial charge is 0.341 e. The van der Waals surface area contributed by atoms with E-state index in [9.17, 15) is 4.79 Å². The highest BCUT2D eigenvalue weighted by atomic mass is 16.5. The summed E-state index contributed by atoms with van der Waals surface area (Å²) in [7, 11) is 0. The Morgan fingerprint density at radius 3 is 2.76 bits per heavy atom. The van der Waals surface area contributed by atoms with Gasteiger partial charge in [-0.3, -0.25) is 0 Å². The number of carboxylic acid groups (broad SMARTS) is 1. The summed E-state index contributed by atoms with van der Waals surface area (Å²) in [6, 6.07) is 0. The number of aromatic nitrogens is 2. The highest BCUT2D eigenvalue weighted by molar-refractivity contribution is 5.91. The molecule has 0 aliphatic heterocycles. The molecule has 92 valence electrons. The largest absolute Gasteiger partial charge is 0.477 e. The Balaban J connectivity index is 2.87. The van der Waals surface area contributed by atoms with E-state index >= 15 is 0 Å². The Bertz CT molecular complexity index is 430. The number of unbranched alkanes of at least 4 members (excludes halogenated alkanes) is 1. The first kappa shape index (κ1) is 13.2. The Morgan fingerprint density at radius 2 is 2.18 bits per heavy atom. The molecule has 0 fully saturated rings. The van der Waals surface area contributed by atoms with Crippen LogP contribution in [0.4, 0.5) is 0 Å². The molecule has 0 atom stereocenters. The van der Waals surface area contributed by atoms with Crippen LogP contribution in [-0.4, -0.2) is 27.9 Å². The second-order valence-corrected chi connectivity index (χ2v) is 3.68. The van der Waals surface area contributed by atoms with Gasteiger partial charge in [0.05, 0.1) is 12.3 Å². The van der Waals surface area contributed by atoms with Gasteiger partial charge in [0.2, 0.25) is 5.88 Å². The molecule has 0 amide bonds. The summed E-state index contributed by atoms with van der Waals surface area (Å²) in [6.07, 6.45) is 3.38. The van der Waals surface area contributed by atoms with Gasteiger partial charge in [-0.15, -0.1) is 11.7 Å².